The fourth-order valence-corrected chi connectivity index (χ4v) is 2.11. The minimum Gasteiger partial charge on any atom is -0.378 e. The van der Waals surface area contributed by atoms with Gasteiger partial charge in [-0.25, -0.2) is 4.98 Å². The van der Waals surface area contributed by atoms with E-state index in [-0.39, 0.29) is 0 Å². The first-order valence-corrected chi connectivity index (χ1v) is 5.68. The highest BCUT2D eigenvalue weighted by Gasteiger charge is 2.18. The topological polar surface area (TPSA) is 49.9 Å². The maximum Gasteiger partial charge on any atom is 0.123 e. The van der Waals surface area contributed by atoms with Crippen LogP contribution in [0.25, 0.3) is 0 Å². The molecule has 15 heavy (non-hydrogen) atoms. The second-order valence-electron chi connectivity index (χ2n) is 4.03. The third kappa shape index (κ3) is 2.79. The summed E-state index contributed by atoms with van der Waals surface area (Å²) in [5, 5.41) is 3.28. The van der Waals surface area contributed by atoms with Crippen LogP contribution in [0, 0.1) is 0 Å². The van der Waals surface area contributed by atoms with Crippen LogP contribution >= 0.6 is 0 Å². The molecule has 0 radical (unpaired) electrons. The number of nitrogens with zero attached hydrogens (tertiary/aromatic N) is 1. The fraction of sp³-hybridized carbons (Fsp3) is 0.727. The highest BCUT2D eigenvalue weighted by atomic mass is 16.5. The van der Waals surface area contributed by atoms with Crippen molar-refractivity contribution in [3.8, 4) is 0 Å². The Kier molecular flexibility index (Phi) is 3.75. The minimum absolute atomic E-state index is 0.323. The molecule has 0 amide bonds. The van der Waals surface area contributed by atoms with E-state index in [9.17, 15) is 0 Å². The van der Waals surface area contributed by atoms with Crippen LogP contribution in [0.15, 0.2) is 12.4 Å². The van der Waals surface area contributed by atoms with Gasteiger partial charge in [0.15, 0.2) is 0 Å². The zero-order chi connectivity index (χ0) is 10.5. The van der Waals surface area contributed by atoms with Gasteiger partial charge in [-0.15, -0.1) is 0 Å². The highest BCUT2D eigenvalue weighted by molar-refractivity contribution is 4.95. The van der Waals surface area contributed by atoms with E-state index in [4.69, 9.17) is 4.74 Å². The van der Waals surface area contributed by atoms with Gasteiger partial charge in [0, 0.05) is 19.0 Å². The molecule has 0 bridgehead atoms. The molecule has 2 atom stereocenters. The number of aromatic amines is 1. The van der Waals surface area contributed by atoms with Crippen LogP contribution in [0.3, 0.4) is 0 Å². The molecule has 1 fully saturated rings. The molecule has 0 saturated carbocycles. The van der Waals surface area contributed by atoms with Gasteiger partial charge < -0.3 is 15.0 Å². The average Bonchev–Trinajstić information content (AvgIpc) is 2.90. The van der Waals surface area contributed by atoms with Gasteiger partial charge >= 0.3 is 0 Å². The van der Waals surface area contributed by atoms with Crippen molar-refractivity contribution >= 4 is 0 Å². The van der Waals surface area contributed by atoms with Crippen LogP contribution in [0.5, 0.6) is 0 Å². The standard InChI is InChI=1S/C11H19N3O/c1-12-10(11-13-6-7-14-11)5-4-9-3-2-8-15-9/h6-7,9-10,12H,2-5,8H2,1H3,(H,13,14). The summed E-state index contributed by atoms with van der Waals surface area (Å²) in [4.78, 5) is 7.42. The number of hydrogen-bond donors (Lipinski definition) is 2. The van der Waals surface area contributed by atoms with Gasteiger partial charge in [-0.1, -0.05) is 0 Å². The summed E-state index contributed by atoms with van der Waals surface area (Å²) in [6.07, 6.45) is 8.76. The van der Waals surface area contributed by atoms with Crippen LogP contribution in [0.4, 0.5) is 0 Å². The largest absolute Gasteiger partial charge is 0.378 e. The van der Waals surface area contributed by atoms with E-state index in [0.29, 0.717) is 12.1 Å². The van der Waals surface area contributed by atoms with Crippen LogP contribution in [0.1, 0.15) is 37.5 Å². The van der Waals surface area contributed by atoms with Gasteiger partial charge in [-0.3, -0.25) is 0 Å². The number of ether oxygens (including phenoxy) is 1. The van der Waals surface area contributed by atoms with E-state index >= 15 is 0 Å². The van der Waals surface area contributed by atoms with Crippen molar-refractivity contribution in [3.05, 3.63) is 18.2 Å². The van der Waals surface area contributed by atoms with Gasteiger partial charge in [-0.05, 0) is 32.7 Å². The molecule has 0 aromatic carbocycles. The third-order valence-electron chi connectivity index (χ3n) is 3.00. The van der Waals surface area contributed by atoms with Crippen LogP contribution in [0.2, 0.25) is 0 Å². The van der Waals surface area contributed by atoms with E-state index in [2.05, 4.69) is 15.3 Å². The zero-order valence-electron chi connectivity index (χ0n) is 9.20. The van der Waals surface area contributed by atoms with E-state index in [1.165, 1.54) is 12.8 Å². The van der Waals surface area contributed by atoms with Gasteiger partial charge in [0.05, 0.1) is 12.1 Å². The van der Waals surface area contributed by atoms with Crippen molar-refractivity contribution in [3.63, 3.8) is 0 Å². The number of hydrogen-bond acceptors (Lipinski definition) is 3. The molecule has 0 aliphatic carbocycles. The Balaban J connectivity index is 1.80. The predicted octanol–water partition coefficient (Wildman–Crippen LogP) is 1.63. The van der Waals surface area contributed by atoms with E-state index in [1.807, 2.05) is 13.2 Å². The molecule has 1 aliphatic heterocycles. The van der Waals surface area contributed by atoms with E-state index in [1.54, 1.807) is 6.20 Å². The van der Waals surface area contributed by atoms with E-state index in [0.717, 1.165) is 25.3 Å². The molecule has 1 aromatic rings. The fourth-order valence-electron chi connectivity index (χ4n) is 2.11. The molecule has 2 heterocycles. The Hall–Kier alpha value is -0.870. The summed E-state index contributed by atoms with van der Waals surface area (Å²) in [6.45, 7) is 0.940. The zero-order valence-corrected chi connectivity index (χ0v) is 9.20. The second-order valence-corrected chi connectivity index (χ2v) is 4.03. The Bertz CT molecular complexity index is 267. The Morgan fingerprint density at radius 2 is 2.67 bits per heavy atom. The molecule has 1 aliphatic rings. The lowest BCUT2D eigenvalue weighted by Crippen LogP contribution is -2.19. The highest BCUT2D eigenvalue weighted by Crippen LogP contribution is 2.21. The summed E-state index contributed by atoms with van der Waals surface area (Å²) in [6, 6.07) is 0.323. The first-order valence-electron chi connectivity index (χ1n) is 5.68. The SMILES string of the molecule is CNC(CCC1CCCO1)c1ncc[nH]1. The van der Waals surface area contributed by atoms with Gasteiger partial charge in [0.1, 0.15) is 5.82 Å². The average molecular weight is 209 g/mol. The number of H-pyrrole nitrogens is 1. The van der Waals surface area contributed by atoms with Gasteiger partial charge in [0.2, 0.25) is 0 Å². The van der Waals surface area contributed by atoms with Crippen molar-refractivity contribution in [1.82, 2.24) is 15.3 Å². The predicted molar refractivity (Wildman–Crippen MR) is 58.6 cm³/mol. The molecule has 1 saturated heterocycles. The molecule has 4 heteroatoms. The van der Waals surface area contributed by atoms with Crippen molar-refractivity contribution in [2.75, 3.05) is 13.7 Å². The summed E-state index contributed by atoms with van der Waals surface area (Å²) < 4.78 is 5.61. The smallest absolute Gasteiger partial charge is 0.123 e. The summed E-state index contributed by atoms with van der Waals surface area (Å²) in [7, 11) is 1.97. The van der Waals surface area contributed by atoms with E-state index < -0.39 is 0 Å². The maximum absolute atomic E-state index is 5.61. The summed E-state index contributed by atoms with van der Waals surface area (Å²) >= 11 is 0. The lowest BCUT2D eigenvalue weighted by molar-refractivity contribution is 0.0996. The molecule has 2 rings (SSSR count). The minimum atomic E-state index is 0.323. The number of aromatic nitrogens is 2. The Labute approximate surface area is 90.4 Å². The Morgan fingerprint density at radius 3 is 3.27 bits per heavy atom. The molecule has 2 N–H and O–H groups in total. The quantitative estimate of drug-likeness (QED) is 0.775. The Morgan fingerprint density at radius 1 is 1.73 bits per heavy atom. The molecule has 0 spiro atoms. The lowest BCUT2D eigenvalue weighted by atomic mass is 10.1. The normalized spacial score (nSPS) is 23.1. The van der Waals surface area contributed by atoms with Crippen molar-refractivity contribution in [1.29, 1.82) is 0 Å². The molecule has 1 aromatic heterocycles. The second kappa shape index (κ2) is 5.28. The van der Waals surface area contributed by atoms with Crippen molar-refractivity contribution < 1.29 is 4.74 Å². The monoisotopic (exact) mass is 209 g/mol. The van der Waals surface area contributed by atoms with Gasteiger partial charge in [0.25, 0.3) is 0 Å². The third-order valence-corrected chi connectivity index (χ3v) is 3.00. The van der Waals surface area contributed by atoms with Crippen molar-refractivity contribution in [2.24, 2.45) is 0 Å². The summed E-state index contributed by atoms with van der Waals surface area (Å²) in [5.41, 5.74) is 0. The first-order chi connectivity index (χ1) is 7.40. The molecule has 84 valence electrons. The number of rotatable bonds is 5. The number of imidazole rings is 1. The van der Waals surface area contributed by atoms with Crippen LogP contribution in [-0.2, 0) is 4.74 Å². The first kappa shape index (κ1) is 10.6. The maximum atomic E-state index is 5.61. The van der Waals surface area contributed by atoms with Crippen LogP contribution in [-0.4, -0.2) is 29.7 Å². The van der Waals surface area contributed by atoms with Crippen LogP contribution < -0.4 is 5.32 Å². The molecule has 2 unspecified atom stereocenters. The molecular formula is C11H19N3O. The lowest BCUT2D eigenvalue weighted by Gasteiger charge is -2.16. The number of nitrogens with one attached hydrogen (secondary N) is 2. The molecular weight excluding hydrogens is 190 g/mol. The summed E-state index contributed by atoms with van der Waals surface area (Å²) in [5.74, 6) is 1.02. The van der Waals surface area contributed by atoms with Gasteiger partial charge in [-0.2, -0.15) is 0 Å². The molecule has 4 nitrogen and oxygen atoms in total. The van der Waals surface area contributed by atoms with Crippen molar-refractivity contribution in [2.45, 2.75) is 37.8 Å².